The van der Waals surface area contributed by atoms with Crippen LogP contribution in [0.5, 0.6) is 11.5 Å². The number of hydrogen-bond donors (Lipinski definition) is 2. The molecule has 29 heavy (non-hydrogen) atoms. The zero-order valence-corrected chi connectivity index (χ0v) is 17.1. The van der Waals surface area contributed by atoms with Crippen molar-refractivity contribution in [1.82, 2.24) is 5.32 Å². The van der Waals surface area contributed by atoms with E-state index in [1.165, 1.54) is 6.08 Å². The van der Waals surface area contributed by atoms with E-state index in [1.54, 1.807) is 30.3 Å². The first kappa shape index (κ1) is 22.0. The van der Waals surface area contributed by atoms with Crippen LogP contribution in [-0.2, 0) is 9.59 Å². The summed E-state index contributed by atoms with van der Waals surface area (Å²) in [4.78, 5) is 24.1. The van der Waals surface area contributed by atoms with Gasteiger partial charge < -0.3 is 20.1 Å². The number of para-hydroxylation sites is 1. The fourth-order valence-corrected chi connectivity index (χ4v) is 2.42. The smallest absolute Gasteiger partial charge is 0.244 e. The molecule has 2 rings (SSSR count). The van der Waals surface area contributed by atoms with Crippen LogP contribution >= 0.6 is 0 Å². The Balaban J connectivity index is 1.84. The number of anilines is 1. The van der Waals surface area contributed by atoms with E-state index in [9.17, 15) is 9.59 Å². The molecule has 0 bridgehead atoms. The monoisotopic (exact) mass is 396 g/mol. The predicted molar refractivity (Wildman–Crippen MR) is 115 cm³/mol. The van der Waals surface area contributed by atoms with Gasteiger partial charge in [0.05, 0.1) is 19.3 Å². The van der Waals surface area contributed by atoms with Gasteiger partial charge >= 0.3 is 0 Å². The summed E-state index contributed by atoms with van der Waals surface area (Å²) in [5, 5.41) is 5.30. The quantitative estimate of drug-likeness (QED) is 0.595. The highest BCUT2D eigenvalue weighted by Crippen LogP contribution is 2.21. The van der Waals surface area contributed by atoms with E-state index in [0.29, 0.717) is 12.3 Å². The molecule has 0 saturated heterocycles. The van der Waals surface area contributed by atoms with Crippen LogP contribution in [0.1, 0.15) is 32.8 Å². The molecule has 6 heteroatoms. The van der Waals surface area contributed by atoms with Crippen molar-refractivity contribution in [3.05, 3.63) is 60.2 Å². The van der Waals surface area contributed by atoms with Crippen molar-refractivity contribution < 1.29 is 19.1 Å². The van der Waals surface area contributed by atoms with E-state index >= 15 is 0 Å². The van der Waals surface area contributed by atoms with Gasteiger partial charge in [-0.3, -0.25) is 9.59 Å². The molecule has 0 aliphatic carbocycles. The fourth-order valence-electron chi connectivity index (χ4n) is 2.42. The van der Waals surface area contributed by atoms with Crippen LogP contribution in [0.4, 0.5) is 5.69 Å². The number of benzene rings is 2. The maximum absolute atomic E-state index is 12.0. The zero-order chi connectivity index (χ0) is 21.1. The number of carbonyl (C=O) groups excluding carboxylic acids is 2. The highest BCUT2D eigenvalue weighted by atomic mass is 16.5. The van der Waals surface area contributed by atoms with Gasteiger partial charge in [0.25, 0.3) is 0 Å². The second kappa shape index (κ2) is 11.5. The van der Waals surface area contributed by atoms with Gasteiger partial charge in [-0.2, -0.15) is 0 Å². The molecular weight excluding hydrogens is 368 g/mol. The summed E-state index contributed by atoms with van der Waals surface area (Å²) in [6.07, 6.45) is 4.05. The molecule has 0 aromatic heterocycles. The minimum absolute atomic E-state index is 0.0877. The van der Waals surface area contributed by atoms with Crippen LogP contribution in [-0.4, -0.2) is 31.1 Å². The Hall–Kier alpha value is -3.28. The maximum atomic E-state index is 12.0. The van der Waals surface area contributed by atoms with Crippen molar-refractivity contribution in [1.29, 1.82) is 0 Å². The standard InChI is InChI=1S/C23H28N2O4/c1-4-17(3)29-21-9-7-6-8-18(21)10-15-22(26)24-16-23(27)25-19-11-13-20(14-12-19)28-5-2/h6-15,17H,4-5,16H2,1-3H3,(H,24,26)(H,25,27). The molecule has 1 atom stereocenters. The second-order valence-corrected chi connectivity index (χ2v) is 6.43. The maximum Gasteiger partial charge on any atom is 0.244 e. The number of amides is 2. The number of ether oxygens (including phenoxy) is 2. The molecule has 0 radical (unpaired) electrons. The minimum Gasteiger partial charge on any atom is -0.494 e. The average molecular weight is 396 g/mol. The van der Waals surface area contributed by atoms with Crippen LogP contribution in [0, 0.1) is 0 Å². The van der Waals surface area contributed by atoms with Gasteiger partial charge in [-0.15, -0.1) is 0 Å². The van der Waals surface area contributed by atoms with Gasteiger partial charge in [0.1, 0.15) is 11.5 Å². The third-order valence-electron chi connectivity index (χ3n) is 4.11. The molecule has 0 heterocycles. The third-order valence-corrected chi connectivity index (χ3v) is 4.11. The van der Waals surface area contributed by atoms with Crippen LogP contribution < -0.4 is 20.1 Å². The van der Waals surface area contributed by atoms with E-state index in [-0.39, 0.29) is 24.5 Å². The molecule has 0 aliphatic heterocycles. The van der Waals surface area contributed by atoms with Gasteiger partial charge in [0, 0.05) is 17.3 Å². The van der Waals surface area contributed by atoms with Crippen LogP contribution in [0.25, 0.3) is 6.08 Å². The van der Waals surface area contributed by atoms with Crippen molar-refractivity contribution in [3.63, 3.8) is 0 Å². The first-order valence-electron chi connectivity index (χ1n) is 9.76. The van der Waals surface area contributed by atoms with E-state index < -0.39 is 0 Å². The van der Waals surface area contributed by atoms with Crippen molar-refractivity contribution in [3.8, 4) is 11.5 Å². The highest BCUT2D eigenvalue weighted by Gasteiger charge is 2.07. The number of carbonyl (C=O) groups is 2. The Morgan fingerprint density at radius 1 is 1.07 bits per heavy atom. The summed E-state index contributed by atoms with van der Waals surface area (Å²) in [6, 6.07) is 14.6. The zero-order valence-electron chi connectivity index (χ0n) is 17.1. The van der Waals surface area contributed by atoms with Crippen molar-refractivity contribution in [2.45, 2.75) is 33.3 Å². The fraction of sp³-hybridized carbons (Fsp3) is 0.304. The van der Waals surface area contributed by atoms with Crippen molar-refractivity contribution >= 4 is 23.6 Å². The number of hydrogen-bond acceptors (Lipinski definition) is 4. The Kier molecular flexibility index (Phi) is 8.76. The molecule has 2 amide bonds. The number of nitrogens with one attached hydrogen (secondary N) is 2. The molecule has 1 unspecified atom stereocenters. The van der Waals surface area contributed by atoms with Crippen LogP contribution in [0.15, 0.2) is 54.6 Å². The first-order chi connectivity index (χ1) is 14.0. The highest BCUT2D eigenvalue weighted by molar-refractivity contribution is 5.98. The van der Waals surface area contributed by atoms with Crippen molar-refractivity contribution in [2.75, 3.05) is 18.5 Å². The molecule has 0 saturated carbocycles. The topological polar surface area (TPSA) is 76.7 Å². The summed E-state index contributed by atoms with van der Waals surface area (Å²) in [6.45, 7) is 6.41. The minimum atomic E-state index is -0.356. The summed E-state index contributed by atoms with van der Waals surface area (Å²) < 4.78 is 11.2. The molecule has 2 N–H and O–H groups in total. The normalized spacial score (nSPS) is 11.7. The van der Waals surface area contributed by atoms with Gasteiger partial charge in [-0.05, 0) is 56.7 Å². The first-order valence-corrected chi connectivity index (χ1v) is 9.76. The Bertz CT molecular complexity index is 831. The van der Waals surface area contributed by atoms with Crippen LogP contribution in [0.3, 0.4) is 0 Å². The van der Waals surface area contributed by atoms with Crippen molar-refractivity contribution in [2.24, 2.45) is 0 Å². The largest absolute Gasteiger partial charge is 0.494 e. The molecular formula is C23H28N2O4. The summed E-state index contributed by atoms with van der Waals surface area (Å²) in [5.74, 6) is 0.794. The van der Waals surface area contributed by atoms with Gasteiger partial charge in [0.2, 0.25) is 11.8 Å². The SMILES string of the molecule is CCOc1ccc(NC(=O)CNC(=O)C=Cc2ccccc2OC(C)CC)cc1. The summed E-state index contributed by atoms with van der Waals surface area (Å²) in [7, 11) is 0. The molecule has 6 nitrogen and oxygen atoms in total. The van der Waals surface area contributed by atoms with Gasteiger partial charge in [-0.1, -0.05) is 25.1 Å². The lowest BCUT2D eigenvalue weighted by atomic mass is 10.2. The Labute approximate surface area is 171 Å². The number of rotatable bonds is 10. The van der Waals surface area contributed by atoms with Crippen LogP contribution in [0.2, 0.25) is 0 Å². The molecule has 154 valence electrons. The van der Waals surface area contributed by atoms with Gasteiger partial charge in [0.15, 0.2) is 0 Å². The average Bonchev–Trinajstić information content (AvgIpc) is 2.73. The lowest BCUT2D eigenvalue weighted by Crippen LogP contribution is -2.31. The molecule has 0 spiro atoms. The Morgan fingerprint density at radius 2 is 1.79 bits per heavy atom. The van der Waals surface area contributed by atoms with E-state index in [0.717, 1.165) is 23.5 Å². The lowest BCUT2D eigenvalue weighted by Gasteiger charge is -2.14. The van der Waals surface area contributed by atoms with Gasteiger partial charge in [-0.25, -0.2) is 0 Å². The lowest BCUT2D eigenvalue weighted by molar-refractivity contribution is -0.121. The second-order valence-electron chi connectivity index (χ2n) is 6.43. The Morgan fingerprint density at radius 3 is 2.48 bits per heavy atom. The molecule has 0 fully saturated rings. The van der Waals surface area contributed by atoms with E-state index in [1.807, 2.05) is 38.1 Å². The summed E-state index contributed by atoms with van der Waals surface area (Å²) >= 11 is 0. The predicted octanol–water partition coefficient (Wildman–Crippen LogP) is 4.03. The van der Waals surface area contributed by atoms with E-state index in [2.05, 4.69) is 17.6 Å². The molecule has 2 aromatic rings. The third kappa shape index (κ3) is 7.70. The van der Waals surface area contributed by atoms with E-state index in [4.69, 9.17) is 9.47 Å². The summed E-state index contributed by atoms with van der Waals surface area (Å²) in [5.41, 5.74) is 1.45. The molecule has 0 aliphatic rings. The molecule has 2 aromatic carbocycles.